The molecule has 0 amide bonds. The van der Waals surface area contributed by atoms with Gasteiger partial charge in [0.1, 0.15) is 12.4 Å². The van der Waals surface area contributed by atoms with Crippen molar-refractivity contribution in [3.05, 3.63) is 61.5 Å². The fourth-order valence-electron chi connectivity index (χ4n) is 1.40. The molecular weight excluding hydrogens is 358 g/mol. The SMILES string of the molecule is Clc1cc(Cl)c(OCc2cccc(Br)c2)cc1Cl. The molecule has 0 heterocycles. The summed E-state index contributed by atoms with van der Waals surface area (Å²) < 4.78 is 6.62. The second-order valence-electron chi connectivity index (χ2n) is 3.62. The number of halogens is 4. The molecule has 0 bridgehead atoms. The van der Waals surface area contributed by atoms with Crippen molar-refractivity contribution in [3.63, 3.8) is 0 Å². The summed E-state index contributed by atoms with van der Waals surface area (Å²) >= 11 is 21.2. The van der Waals surface area contributed by atoms with Gasteiger partial charge in [-0.05, 0) is 23.8 Å². The summed E-state index contributed by atoms with van der Waals surface area (Å²) in [6.45, 7) is 0.414. The largest absolute Gasteiger partial charge is 0.487 e. The third-order valence-electron chi connectivity index (χ3n) is 2.26. The summed E-state index contributed by atoms with van der Waals surface area (Å²) in [7, 11) is 0. The summed E-state index contributed by atoms with van der Waals surface area (Å²) in [5.74, 6) is 0.519. The molecule has 0 N–H and O–H groups in total. The van der Waals surface area contributed by atoms with Gasteiger partial charge in [0.15, 0.2) is 0 Å². The van der Waals surface area contributed by atoms with Crippen molar-refractivity contribution in [1.82, 2.24) is 0 Å². The molecule has 0 spiro atoms. The first-order valence-electron chi connectivity index (χ1n) is 5.08. The molecule has 0 atom stereocenters. The molecule has 18 heavy (non-hydrogen) atoms. The zero-order chi connectivity index (χ0) is 13.1. The molecule has 0 saturated carbocycles. The van der Waals surface area contributed by atoms with Gasteiger partial charge >= 0.3 is 0 Å². The normalized spacial score (nSPS) is 10.4. The topological polar surface area (TPSA) is 9.23 Å². The van der Waals surface area contributed by atoms with E-state index in [0.717, 1.165) is 10.0 Å². The van der Waals surface area contributed by atoms with E-state index in [0.29, 0.717) is 27.4 Å². The highest BCUT2D eigenvalue weighted by Crippen LogP contribution is 2.34. The van der Waals surface area contributed by atoms with Gasteiger partial charge in [0.2, 0.25) is 0 Å². The van der Waals surface area contributed by atoms with Crippen LogP contribution in [0.25, 0.3) is 0 Å². The number of ether oxygens (including phenoxy) is 1. The average Bonchev–Trinajstić information content (AvgIpc) is 2.32. The van der Waals surface area contributed by atoms with Crippen LogP contribution >= 0.6 is 50.7 Å². The first-order chi connectivity index (χ1) is 8.56. The highest BCUT2D eigenvalue weighted by atomic mass is 79.9. The first kappa shape index (κ1) is 14.0. The minimum atomic E-state index is 0.413. The van der Waals surface area contributed by atoms with Crippen LogP contribution in [-0.4, -0.2) is 0 Å². The fourth-order valence-corrected chi connectivity index (χ4v) is 2.44. The zero-order valence-corrected chi connectivity index (χ0v) is 12.9. The Morgan fingerprint density at radius 3 is 2.39 bits per heavy atom. The van der Waals surface area contributed by atoms with Crippen molar-refractivity contribution >= 4 is 50.7 Å². The molecule has 0 aromatic heterocycles. The van der Waals surface area contributed by atoms with E-state index in [9.17, 15) is 0 Å². The Morgan fingerprint density at radius 1 is 0.944 bits per heavy atom. The van der Waals surface area contributed by atoms with Crippen LogP contribution in [0.4, 0.5) is 0 Å². The molecule has 2 rings (SSSR count). The third kappa shape index (κ3) is 3.55. The minimum Gasteiger partial charge on any atom is -0.487 e. The molecule has 94 valence electrons. The Bertz CT molecular complexity index is 572. The van der Waals surface area contributed by atoms with E-state index in [-0.39, 0.29) is 0 Å². The molecule has 0 saturated heterocycles. The molecule has 5 heteroatoms. The fraction of sp³-hybridized carbons (Fsp3) is 0.0769. The van der Waals surface area contributed by atoms with Gasteiger partial charge in [-0.3, -0.25) is 0 Å². The Hall–Kier alpha value is -0.410. The minimum absolute atomic E-state index is 0.413. The lowest BCUT2D eigenvalue weighted by atomic mass is 10.2. The van der Waals surface area contributed by atoms with E-state index in [1.165, 1.54) is 0 Å². The predicted molar refractivity (Wildman–Crippen MR) is 79.9 cm³/mol. The second-order valence-corrected chi connectivity index (χ2v) is 5.75. The van der Waals surface area contributed by atoms with E-state index < -0.39 is 0 Å². The zero-order valence-electron chi connectivity index (χ0n) is 9.09. The van der Waals surface area contributed by atoms with Crippen LogP contribution in [0.2, 0.25) is 15.1 Å². The van der Waals surface area contributed by atoms with Crippen molar-refractivity contribution in [2.24, 2.45) is 0 Å². The number of hydrogen-bond donors (Lipinski definition) is 0. The standard InChI is InChI=1S/C13H8BrCl3O/c14-9-3-1-2-8(4-9)7-18-13-6-11(16)10(15)5-12(13)17/h1-6H,7H2. The van der Waals surface area contributed by atoms with Crippen molar-refractivity contribution in [3.8, 4) is 5.75 Å². The van der Waals surface area contributed by atoms with Gasteiger partial charge in [0.25, 0.3) is 0 Å². The average molecular weight is 366 g/mol. The molecule has 0 aliphatic rings. The first-order valence-corrected chi connectivity index (χ1v) is 7.01. The van der Waals surface area contributed by atoms with Crippen LogP contribution < -0.4 is 4.74 Å². The van der Waals surface area contributed by atoms with E-state index in [1.54, 1.807) is 12.1 Å². The van der Waals surface area contributed by atoms with Crippen LogP contribution in [0.3, 0.4) is 0 Å². The van der Waals surface area contributed by atoms with Crippen LogP contribution in [0.5, 0.6) is 5.75 Å². The van der Waals surface area contributed by atoms with Gasteiger partial charge in [-0.15, -0.1) is 0 Å². The lowest BCUT2D eigenvalue weighted by Crippen LogP contribution is -1.96. The van der Waals surface area contributed by atoms with Crippen molar-refractivity contribution in [1.29, 1.82) is 0 Å². The van der Waals surface area contributed by atoms with Crippen molar-refractivity contribution < 1.29 is 4.74 Å². The number of rotatable bonds is 3. The summed E-state index contributed by atoms with van der Waals surface area (Å²) in [5, 5.41) is 1.28. The maximum atomic E-state index is 6.02. The Labute approximate surface area is 129 Å². The summed E-state index contributed by atoms with van der Waals surface area (Å²) in [4.78, 5) is 0. The maximum Gasteiger partial charge on any atom is 0.139 e. The number of hydrogen-bond acceptors (Lipinski definition) is 1. The van der Waals surface area contributed by atoms with E-state index in [2.05, 4.69) is 15.9 Å². The van der Waals surface area contributed by atoms with Crippen LogP contribution in [-0.2, 0) is 6.61 Å². The Balaban J connectivity index is 2.13. The lowest BCUT2D eigenvalue weighted by Gasteiger charge is -2.09. The monoisotopic (exact) mass is 364 g/mol. The van der Waals surface area contributed by atoms with Gasteiger partial charge in [0.05, 0.1) is 15.1 Å². The van der Waals surface area contributed by atoms with E-state index in [1.807, 2.05) is 24.3 Å². The molecule has 0 aliphatic carbocycles. The molecule has 2 aromatic rings. The third-order valence-corrected chi connectivity index (χ3v) is 3.77. The van der Waals surface area contributed by atoms with Gasteiger partial charge in [-0.25, -0.2) is 0 Å². The smallest absolute Gasteiger partial charge is 0.139 e. The Morgan fingerprint density at radius 2 is 1.67 bits per heavy atom. The second kappa shape index (κ2) is 6.16. The molecule has 1 nitrogen and oxygen atoms in total. The Kier molecular flexibility index (Phi) is 4.79. The van der Waals surface area contributed by atoms with Gasteiger partial charge in [-0.1, -0.05) is 62.9 Å². The van der Waals surface area contributed by atoms with E-state index in [4.69, 9.17) is 39.5 Å². The maximum absolute atomic E-state index is 6.02. The lowest BCUT2D eigenvalue weighted by molar-refractivity contribution is 0.306. The summed E-state index contributed by atoms with van der Waals surface area (Å²) in [6, 6.07) is 11.0. The van der Waals surface area contributed by atoms with Gasteiger partial charge in [-0.2, -0.15) is 0 Å². The highest BCUT2D eigenvalue weighted by molar-refractivity contribution is 9.10. The molecule has 0 unspecified atom stereocenters. The predicted octanol–water partition coefficient (Wildman–Crippen LogP) is 5.99. The van der Waals surface area contributed by atoms with Gasteiger partial charge in [0, 0.05) is 10.5 Å². The van der Waals surface area contributed by atoms with Crippen LogP contribution in [0.15, 0.2) is 40.9 Å². The molecular formula is C13H8BrCl3O. The molecule has 2 aromatic carbocycles. The van der Waals surface area contributed by atoms with Crippen LogP contribution in [0.1, 0.15) is 5.56 Å². The molecule has 0 fully saturated rings. The number of benzene rings is 2. The summed E-state index contributed by atoms with van der Waals surface area (Å²) in [6.07, 6.45) is 0. The molecule has 0 radical (unpaired) electrons. The van der Waals surface area contributed by atoms with Crippen LogP contribution in [0, 0.1) is 0 Å². The highest BCUT2D eigenvalue weighted by Gasteiger charge is 2.07. The summed E-state index contributed by atoms with van der Waals surface area (Å²) in [5.41, 5.74) is 1.03. The van der Waals surface area contributed by atoms with Gasteiger partial charge < -0.3 is 4.74 Å². The van der Waals surface area contributed by atoms with Crippen molar-refractivity contribution in [2.75, 3.05) is 0 Å². The van der Waals surface area contributed by atoms with Crippen molar-refractivity contribution in [2.45, 2.75) is 6.61 Å². The quantitative estimate of drug-likeness (QED) is 0.607. The molecule has 0 aliphatic heterocycles. The van der Waals surface area contributed by atoms with E-state index >= 15 is 0 Å².